The lowest BCUT2D eigenvalue weighted by Gasteiger charge is -2.28. The summed E-state index contributed by atoms with van der Waals surface area (Å²) in [4.78, 5) is 6.70. The van der Waals surface area contributed by atoms with Crippen molar-refractivity contribution in [3.63, 3.8) is 0 Å². The molecule has 4 rings (SSSR count). The van der Waals surface area contributed by atoms with Crippen LogP contribution >= 0.6 is 0 Å². The third-order valence-corrected chi connectivity index (χ3v) is 5.78. The van der Waals surface area contributed by atoms with Gasteiger partial charge in [0.2, 0.25) is 0 Å². The third kappa shape index (κ3) is 3.36. The van der Waals surface area contributed by atoms with Crippen LogP contribution < -0.4 is 9.62 Å². The van der Waals surface area contributed by atoms with Crippen LogP contribution in [0, 0.1) is 0 Å². The van der Waals surface area contributed by atoms with Crippen molar-refractivity contribution in [2.45, 2.75) is 4.90 Å². The number of benzene rings is 2. The maximum Gasteiger partial charge on any atom is 0.261 e. The summed E-state index contributed by atoms with van der Waals surface area (Å²) in [5.74, 6) is 0. The van der Waals surface area contributed by atoms with Crippen molar-refractivity contribution in [2.75, 3.05) is 35.9 Å². The molecule has 1 aliphatic heterocycles. The lowest BCUT2D eigenvalue weighted by atomic mass is 10.2. The van der Waals surface area contributed by atoms with Crippen LogP contribution in [-0.2, 0) is 14.8 Å². The van der Waals surface area contributed by atoms with Crippen LogP contribution in [0.4, 0.5) is 11.4 Å². The average Bonchev–Trinajstić information content (AvgIpc) is 2.69. The van der Waals surface area contributed by atoms with Crippen LogP contribution in [0.5, 0.6) is 0 Å². The zero-order valence-electron chi connectivity index (χ0n) is 14.1. The number of rotatable bonds is 4. The van der Waals surface area contributed by atoms with Gasteiger partial charge in [-0.25, -0.2) is 8.42 Å². The number of hydrogen-bond acceptors (Lipinski definition) is 5. The van der Waals surface area contributed by atoms with Crippen LogP contribution in [0.15, 0.2) is 65.7 Å². The Hall–Kier alpha value is -2.64. The SMILES string of the molecule is O=S(=O)(Nc1cccc2cccnc12)c1ccc(N2CCOCC2)cc1. The summed E-state index contributed by atoms with van der Waals surface area (Å²) in [5.41, 5.74) is 2.10. The van der Waals surface area contributed by atoms with Gasteiger partial charge in [-0.15, -0.1) is 0 Å². The predicted molar refractivity (Wildman–Crippen MR) is 102 cm³/mol. The molecule has 0 atom stereocenters. The van der Waals surface area contributed by atoms with Crippen LogP contribution in [0.3, 0.4) is 0 Å². The van der Waals surface area contributed by atoms with Gasteiger partial charge in [0.05, 0.1) is 29.3 Å². The number of ether oxygens (including phenoxy) is 1. The second kappa shape index (κ2) is 6.93. The molecule has 2 aromatic carbocycles. The number of nitrogens with one attached hydrogen (secondary N) is 1. The summed E-state index contributed by atoms with van der Waals surface area (Å²) in [7, 11) is -3.69. The molecule has 3 aromatic rings. The van der Waals surface area contributed by atoms with Gasteiger partial charge in [0.15, 0.2) is 0 Å². The summed E-state index contributed by atoms with van der Waals surface area (Å²) in [5, 5.41) is 0.885. The Morgan fingerprint density at radius 2 is 1.69 bits per heavy atom. The van der Waals surface area contributed by atoms with E-state index in [4.69, 9.17) is 4.74 Å². The lowest BCUT2D eigenvalue weighted by molar-refractivity contribution is 0.122. The molecule has 1 saturated heterocycles. The smallest absolute Gasteiger partial charge is 0.261 e. The highest BCUT2D eigenvalue weighted by Crippen LogP contribution is 2.25. The Balaban J connectivity index is 1.60. The van der Waals surface area contributed by atoms with E-state index in [1.54, 1.807) is 24.4 Å². The second-order valence-corrected chi connectivity index (χ2v) is 7.76. The van der Waals surface area contributed by atoms with Gasteiger partial charge in [-0.3, -0.25) is 9.71 Å². The van der Waals surface area contributed by atoms with E-state index in [1.807, 2.05) is 36.4 Å². The molecule has 1 aliphatic rings. The molecular formula is C19H19N3O3S. The molecule has 0 saturated carbocycles. The predicted octanol–water partition coefficient (Wildman–Crippen LogP) is 2.87. The molecule has 1 N–H and O–H groups in total. The van der Waals surface area contributed by atoms with Gasteiger partial charge in [-0.2, -0.15) is 0 Å². The highest BCUT2D eigenvalue weighted by molar-refractivity contribution is 7.92. The maximum absolute atomic E-state index is 12.8. The molecule has 0 bridgehead atoms. The molecule has 7 heteroatoms. The third-order valence-electron chi connectivity index (χ3n) is 4.40. The molecule has 0 aliphatic carbocycles. The van der Waals surface area contributed by atoms with E-state index >= 15 is 0 Å². The van der Waals surface area contributed by atoms with E-state index in [9.17, 15) is 8.42 Å². The molecule has 6 nitrogen and oxygen atoms in total. The van der Waals surface area contributed by atoms with Crippen molar-refractivity contribution in [1.29, 1.82) is 0 Å². The zero-order chi connectivity index (χ0) is 18.0. The topological polar surface area (TPSA) is 71.5 Å². The number of morpholine rings is 1. The first kappa shape index (κ1) is 16.8. The van der Waals surface area contributed by atoms with E-state index in [1.165, 1.54) is 0 Å². The van der Waals surface area contributed by atoms with Gasteiger partial charge >= 0.3 is 0 Å². The molecule has 1 aromatic heterocycles. The molecule has 0 spiro atoms. The minimum atomic E-state index is -3.69. The molecule has 1 fully saturated rings. The summed E-state index contributed by atoms with van der Waals surface area (Å²) < 4.78 is 33.5. The summed E-state index contributed by atoms with van der Waals surface area (Å²) in [6, 6.07) is 16.1. The Morgan fingerprint density at radius 1 is 0.962 bits per heavy atom. The van der Waals surface area contributed by atoms with Crippen LogP contribution in [0.25, 0.3) is 10.9 Å². The average molecular weight is 369 g/mol. The van der Waals surface area contributed by atoms with Crippen LogP contribution in [0.1, 0.15) is 0 Å². The van der Waals surface area contributed by atoms with Crippen molar-refractivity contribution in [3.05, 3.63) is 60.8 Å². The molecule has 134 valence electrons. The molecular weight excluding hydrogens is 350 g/mol. The van der Waals surface area contributed by atoms with Crippen LogP contribution in [0.2, 0.25) is 0 Å². The van der Waals surface area contributed by atoms with Crippen molar-refractivity contribution >= 4 is 32.3 Å². The fourth-order valence-electron chi connectivity index (χ4n) is 3.05. The minimum absolute atomic E-state index is 0.224. The van der Waals surface area contributed by atoms with Crippen molar-refractivity contribution in [3.8, 4) is 0 Å². The van der Waals surface area contributed by atoms with Gasteiger partial charge in [-0.05, 0) is 36.4 Å². The highest BCUT2D eigenvalue weighted by atomic mass is 32.2. The van der Waals surface area contributed by atoms with E-state index in [0.717, 1.165) is 24.2 Å². The quantitative estimate of drug-likeness (QED) is 0.766. The normalized spacial score (nSPS) is 15.2. The number of para-hydroxylation sites is 1. The second-order valence-electron chi connectivity index (χ2n) is 6.08. The first-order chi connectivity index (χ1) is 12.6. The molecule has 2 heterocycles. The minimum Gasteiger partial charge on any atom is -0.378 e. The Morgan fingerprint density at radius 3 is 2.46 bits per heavy atom. The molecule has 0 amide bonds. The summed E-state index contributed by atoms with van der Waals surface area (Å²) >= 11 is 0. The fraction of sp³-hybridized carbons (Fsp3) is 0.211. The lowest BCUT2D eigenvalue weighted by Crippen LogP contribution is -2.36. The van der Waals surface area contributed by atoms with Gasteiger partial charge < -0.3 is 9.64 Å². The van der Waals surface area contributed by atoms with Crippen molar-refractivity contribution in [1.82, 2.24) is 4.98 Å². The first-order valence-electron chi connectivity index (χ1n) is 8.43. The van der Waals surface area contributed by atoms with E-state index in [2.05, 4.69) is 14.6 Å². The van der Waals surface area contributed by atoms with E-state index < -0.39 is 10.0 Å². The van der Waals surface area contributed by atoms with Gasteiger partial charge in [-0.1, -0.05) is 18.2 Å². The van der Waals surface area contributed by atoms with Crippen molar-refractivity contribution < 1.29 is 13.2 Å². The molecule has 0 radical (unpaired) electrons. The Labute approximate surface area is 152 Å². The number of nitrogens with zero attached hydrogens (tertiary/aromatic N) is 2. The monoisotopic (exact) mass is 369 g/mol. The Kier molecular flexibility index (Phi) is 4.48. The number of fused-ring (bicyclic) bond motifs is 1. The Bertz CT molecular complexity index is 1010. The standard InChI is InChI=1S/C19H19N3O3S/c23-26(24,21-18-5-1-3-15-4-2-10-20-19(15)18)17-8-6-16(7-9-17)22-11-13-25-14-12-22/h1-10,21H,11-14H2. The van der Waals surface area contributed by atoms with Crippen molar-refractivity contribution in [2.24, 2.45) is 0 Å². The number of pyridine rings is 1. The van der Waals surface area contributed by atoms with Crippen LogP contribution in [-0.4, -0.2) is 39.7 Å². The molecule has 26 heavy (non-hydrogen) atoms. The van der Waals surface area contributed by atoms with E-state index in [0.29, 0.717) is 24.4 Å². The maximum atomic E-state index is 12.8. The van der Waals surface area contributed by atoms with E-state index in [-0.39, 0.29) is 4.90 Å². The van der Waals surface area contributed by atoms with Gasteiger partial charge in [0.25, 0.3) is 10.0 Å². The number of sulfonamides is 1. The summed E-state index contributed by atoms with van der Waals surface area (Å²) in [6.07, 6.45) is 1.65. The molecule has 0 unspecified atom stereocenters. The zero-order valence-corrected chi connectivity index (χ0v) is 14.9. The number of hydrogen-bond donors (Lipinski definition) is 1. The van der Waals surface area contributed by atoms with Gasteiger partial charge in [0, 0.05) is 30.4 Å². The summed E-state index contributed by atoms with van der Waals surface area (Å²) in [6.45, 7) is 3.00. The highest BCUT2D eigenvalue weighted by Gasteiger charge is 2.17. The van der Waals surface area contributed by atoms with Gasteiger partial charge in [0.1, 0.15) is 0 Å². The number of anilines is 2. The first-order valence-corrected chi connectivity index (χ1v) is 9.91. The number of aromatic nitrogens is 1. The fourth-order valence-corrected chi connectivity index (χ4v) is 4.11. The largest absolute Gasteiger partial charge is 0.378 e.